The number of ether oxygens (including phenoxy) is 3. The van der Waals surface area contributed by atoms with Gasteiger partial charge in [0, 0.05) is 11.6 Å². The van der Waals surface area contributed by atoms with Gasteiger partial charge in [0.1, 0.15) is 11.5 Å². The standard InChI is InChI=1S/C24H22N2O5S/c1-14-20(23(28)31-4)21(15-8-6-5-7-9-15)26-22(27)19(32-24(26)25-14)12-16-10-11-17(29-2)13-18(16)30-3/h5-13,21H,1-4H3/b19-12-/t21-/m0/s1. The van der Waals surface area contributed by atoms with Crippen molar-refractivity contribution in [3.8, 4) is 11.5 Å². The van der Waals surface area contributed by atoms with Crippen molar-refractivity contribution in [2.24, 2.45) is 4.99 Å². The van der Waals surface area contributed by atoms with Crippen LogP contribution in [0, 0.1) is 0 Å². The minimum atomic E-state index is -0.625. The number of methoxy groups -OCH3 is 3. The van der Waals surface area contributed by atoms with Gasteiger partial charge in [-0.05, 0) is 30.7 Å². The van der Waals surface area contributed by atoms with Gasteiger partial charge in [-0.25, -0.2) is 9.79 Å². The highest BCUT2D eigenvalue weighted by molar-refractivity contribution is 7.07. The summed E-state index contributed by atoms with van der Waals surface area (Å²) in [6.45, 7) is 1.76. The van der Waals surface area contributed by atoms with Crippen LogP contribution in [0.15, 0.2) is 69.6 Å². The SMILES string of the molecule is COC(=O)C1=C(C)N=c2s/c(=C\c3ccc(OC)cc3OC)c(=O)n2[C@H]1c1ccccc1. The molecule has 0 unspecified atom stereocenters. The third-order valence-corrected chi connectivity index (χ3v) is 6.25. The molecular weight excluding hydrogens is 428 g/mol. The van der Waals surface area contributed by atoms with Crippen molar-refractivity contribution >= 4 is 23.4 Å². The Morgan fingerprint density at radius 2 is 1.84 bits per heavy atom. The Balaban J connectivity index is 1.96. The number of esters is 1. The van der Waals surface area contributed by atoms with Crippen LogP contribution in [0.2, 0.25) is 0 Å². The molecule has 0 spiro atoms. The molecule has 1 aromatic heterocycles. The zero-order chi connectivity index (χ0) is 22.8. The van der Waals surface area contributed by atoms with Crippen LogP contribution in [-0.2, 0) is 9.53 Å². The molecule has 1 atom stereocenters. The van der Waals surface area contributed by atoms with E-state index >= 15 is 0 Å². The molecule has 0 fully saturated rings. The van der Waals surface area contributed by atoms with E-state index in [-0.39, 0.29) is 5.56 Å². The molecule has 0 amide bonds. The molecule has 2 heterocycles. The molecule has 0 bridgehead atoms. The lowest BCUT2D eigenvalue weighted by Gasteiger charge is -2.24. The highest BCUT2D eigenvalue weighted by atomic mass is 32.1. The lowest BCUT2D eigenvalue weighted by atomic mass is 9.96. The molecule has 32 heavy (non-hydrogen) atoms. The predicted molar refractivity (Wildman–Crippen MR) is 122 cm³/mol. The Labute approximate surface area is 188 Å². The molecule has 0 radical (unpaired) electrons. The lowest BCUT2D eigenvalue weighted by Crippen LogP contribution is -2.39. The van der Waals surface area contributed by atoms with Crippen molar-refractivity contribution in [2.75, 3.05) is 21.3 Å². The molecule has 0 saturated heterocycles. The van der Waals surface area contributed by atoms with E-state index in [1.54, 1.807) is 43.9 Å². The largest absolute Gasteiger partial charge is 0.497 e. The zero-order valence-electron chi connectivity index (χ0n) is 18.1. The maximum atomic E-state index is 13.5. The van der Waals surface area contributed by atoms with E-state index < -0.39 is 12.0 Å². The number of thiazole rings is 1. The summed E-state index contributed by atoms with van der Waals surface area (Å²) in [6, 6.07) is 14.2. The second-order valence-corrected chi connectivity index (χ2v) is 8.10. The van der Waals surface area contributed by atoms with E-state index in [4.69, 9.17) is 14.2 Å². The first-order chi connectivity index (χ1) is 15.5. The molecule has 3 aromatic rings. The van der Waals surface area contributed by atoms with Crippen molar-refractivity contribution in [1.82, 2.24) is 4.57 Å². The molecule has 2 aromatic carbocycles. The summed E-state index contributed by atoms with van der Waals surface area (Å²) >= 11 is 1.26. The molecule has 164 valence electrons. The van der Waals surface area contributed by atoms with Crippen LogP contribution in [0.4, 0.5) is 0 Å². The van der Waals surface area contributed by atoms with Gasteiger partial charge in [0.2, 0.25) is 0 Å². The smallest absolute Gasteiger partial charge is 0.338 e. The fourth-order valence-electron chi connectivity index (χ4n) is 3.72. The van der Waals surface area contributed by atoms with Gasteiger partial charge >= 0.3 is 5.97 Å². The maximum absolute atomic E-state index is 13.5. The molecule has 0 saturated carbocycles. The number of nitrogens with zero attached hydrogens (tertiary/aromatic N) is 2. The quantitative estimate of drug-likeness (QED) is 0.558. The Hall–Kier alpha value is -3.65. The monoisotopic (exact) mass is 450 g/mol. The Morgan fingerprint density at radius 1 is 1.09 bits per heavy atom. The average molecular weight is 451 g/mol. The van der Waals surface area contributed by atoms with Gasteiger partial charge in [-0.2, -0.15) is 0 Å². The van der Waals surface area contributed by atoms with E-state index in [1.165, 1.54) is 18.4 Å². The van der Waals surface area contributed by atoms with Crippen molar-refractivity contribution in [1.29, 1.82) is 0 Å². The van der Waals surface area contributed by atoms with Crippen molar-refractivity contribution in [3.05, 3.63) is 90.6 Å². The first-order valence-electron chi connectivity index (χ1n) is 9.86. The second-order valence-electron chi connectivity index (χ2n) is 7.09. The summed E-state index contributed by atoms with van der Waals surface area (Å²) < 4.78 is 17.8. The van der Waals surface area contributed by atoms with Crippen molar-refractivity contribution in [3.63, 3.8) is 0 Å². The number of carbonyl (C=O) groups is 1. The molecule has 1 aliphatic rings. The van der Waals surface area contributed by atoms with Crippen LogP contribution in [0.3, 0.4) is 0 Å². The first kappa shape index (κ1) is 21.6. The van der Waals surface area contributed by atoms with E-state index in [0.29, 0.717) is 32.1 Å². The minimum absolute atomic E-state index is 0.241. The summed E-state index contributed by atoms with van der Waals surface area (Å²) in [6.07, 6.45) is 1.77. The molecule has 7 nitrogen and oxygen atoms in total. The molecule has 1 aliphatic heterocycles. The van der Waals surface area contributed by atoms with Gasteiger partial charge in [-0.3, -0.25) is 9.36 Å². The summed E-state index contributed by atoms with van der Waals surface area (Å²) in [5.74, 6) is 0.732. The number of rotatable bonds is 5. The van der Waals surface area contributed by atoms with Gasteiger partial charge in [0.05, 0.1) is 43.2 Å². The van der Waals surface area contributed by atoms with Crippen LogP contribution < -0.4 is 24.4 Å². The van der Waals surface area contributed by atoms with E-state index in [2.05, 4.69) is 4.99 Å². The number of allylic oxidation sites excluding steroid dienone is 1. The Bertz CT molecular complexity index is 1390. The molecule has 0 N–H and O–H groups in total. The normalized spacial score (nSPS) is 15.8. The van der Waals surface area contributed by atoms with Gasteiger partial charge in [0.15, 0.2) is 4.80 Å². The Morgan fingerprint density at radius 3 is 2.50 bits per heavy atom. The zero-order valence-corrected chi connectivity index (χ0v) is 18.9. The molecule has 4 rings (SSSR count). The Kier molecular flexibility index (Phi) is 5.96. The minimum Gasteiger partial charge on any atom is -0.497 e. The van der Waals surface area contributed by atoms with Crippen molar-refractivity contribution < 1.29 is 19.0 Å². The number of fused-ring (bicyclic) bond motifs is 1. The van der Waals surface area contributed by atoms with Crippen LogP contribution >= 0.6 is 11.3 Å². The second kappa shape index (κ2) is 8.84. The van der Waals surface area contributed by atoms with Crippen LogP contribution in [0.1, 0.15) is 24.1 Å². The topological polar surface area (TPSA) is 79.1 Å². The average Bonchev–Trinajstić information content (AvgIpc) is 3.12. The third kappa shape index (κ3) is 3.73. The van der Waals surface area contributed by atoms with E-state index in [9.17, 15) is 9.59 Å². The summed E-state index contributed by atoms with van der Waals surface area (Å²) in [5, 5.41) is 0. The van der Waals surface area contributed by atoms with Crippen LogP contribution in [-0.4, -0.2) is 31.9 Å². The summed E-state index contributed by atoms with van der Waals surface area (Å²) in [4.78, 5) is 31.2. The van der Waals surface area contributed by atoms with Gasteiger partial charge in [0.25, 0.3) is 5.56 Å². The maximum Gasteiger partial charge on any atom is 0.338 e. The first-order valence-corrected chi connectivity index (χ1v) is 10.7. The highest BCUT2D eigenvalue weighted by Gasteiger charge is 2.32. The summed E-state index contributed by atoms with van der Waals surface area (Å²) in [7, 11) is 4.47. The van der Waals surface area contributed by atoms with Crippen LogP contribution in [0.25, 0.3) is 6.08 Å². The third-order valence-electron chi connectivity index (χ3n) is 5.27. The number of benzene rings is 2. The van der Waals surface area contributed by atoms with Gasteiger partial charge < -0.3 is 14.2 Å². The fraction of sp³-hybridized carbons (Fsp3) is 0.208. The molecule has 0 aliphatic carbocycles. The lowest BCUT2D eigenvalue weighted by molar-refractivity contribution is -0.136. The molecular formula is C24H22N2O5S. The van der Waals surface area contributed by atoms with Gasteiger partial charge in [-0.1, -0.05) is 41.7 Å². The number of hydrogen-bond donors (Lipinski definition) is 0. The van der Waals surface area contributed by atoms with Gasteiger partial charge in [-0.15, -0.1) is 0 Å². The molecule has 8 heteroatoms. The van der Waals surface area contributed by atoms with E-state index in [1.807, 2.05) is 36.4 Å². The summed E-state index contributed by atoms with van der Waals surface area (Å²) in [5.41, 5.74) is 2.17. The van der Waals surface area contributed by atoms with E-state index in [0.717, 1.165) is 11.1 Å². The number of carbonyl (C=O) groups excluding carboxylic acids is 1. The van der Waals surface area contributed by atoms with Crippen LogP contribution in [0.5, 0.6) is 11.5 Å². The highest BCUT2D eigenvalue weighted by Crippen LogP contribution is 2.30. The predicted octanol–water partition coefficient (Wildman–Crippen LogP) is 2.43. The fourth-order valence-corrected chi connectivity index (χ4v) is 4.76. The number of aromatic nitrogens is 1. The van der Waals surface area contributed by atoms with Crippen molar-refractivity contribution in [2.45, 2.75) is 13.0 Å². The number of hydrogen-bond acceptors (Lipinski definition) is 7.